The molecule has 0 saturated carbocycles. The van der Waals surface area contributed by atoms with Gasteiger partial charge in [-0.15, -0.1) is 0 Å². The maximum atomic E-state index is 5.29. The zero-order valence-corrected chi connectivity index (χ0v) is 8.18. The highest BCUT2D eigenvalue weighted by Crippen LogP contribution is 2.19. The smallest absolute Gasteiger partial charge is 0.103 e. The van der Waals surface area contributed by atoms with Crippen molar-refractivity contribution in [3.05, 3.63) is 23.7 Å². The molecule has 0 aliphatic carbocycles. The molecule has 1 aliphatic heterocycles. The molecule has 1 aromatic heterocycles. The second-order valence-electron chi connectivity index (χ2n) is 3.92. The van der Waals surface area contributed by atoms with Crippen LogP contribution in [0.1, 0.15) is 24.2 Å². The fraction of sp³-hybridized carbons (Fsp3) is 0.636. The highest BCUT2D eigenvalue weighted by atomic mass is 16.3. The molecule has 2 heterocycles. The first-order valence-corrected chi connectivity index (χ1v) is 5.10. The first kappa shape index (κ1) is 8.82. The Balaban J connectivity index is 1.93. The molecule has 72 valence electrons. The van der Waals surface area contributed by atoms with Crippen LogP contribution in [-0.2, 0) is 6.42 Å². The van der Waals surface area contributed by atoms with Crippen LogP contribution in [0.15, 0.2) is 16.7 Å². The molecule has 13 heavy (non-hydrogen) atoms. The van der Waals surface area contributed by atoms with Crippen LogP contribution in [0.3, 0.4) is 0 Å². The molecular weight excluding hydrogens is 162 g/mol. The number of hydrogen-bond acceptors (Lipinski definition) is 2. The molecule has 1 atom stereocenters. The molecule has 1 aromatic rings. The van der Waals surface area contributed by atoms with Crippen LogP contribution in [0.2, 0.25) is 0 Å². The molecule has 1 saturated heterocycles. The Hall–Kier alpha value is -0.760. The first-order chi connectivity index (χ1) is 6.36. The van der Waals surface area contributed by atoms with E-state index in [4.69, 9.17) is 4.42 Å². The van der Waals surface area contributed by atoms with Gasteiger partial charge in [-0.2, -0.15) is 0 Å². The van der Waals surface area contributed by atoms with Crippen LogP contribution in [0.25, 0.3) is 0 Å². The third kappa shape index (κ3) is 2.13. The first-order valence-electron chi connectivity index (χ1n) is 5.10. The molecular formula is C11H17NO. The Morgan fingerprint density at radius 3 is 3.15 bits per heavy atom. The number of piperidine rings is 1. The molecule has 2 heteroatoms. The number of nitrogens with one attached hydrogen (secondary N) is 1. The lowest BCUT2D eigenvalue weighted by Crippen LogP contribution is -2.30. The van der Waals surface area contributed by atoms with Gasteiger partial charge >= 0.3 is 0 Å². The minimum atomic E-state index is 0.810. The second kappa shape index (κ2) is 3.97. The van der Waals surface area contributed by atoms with Crippen molar-refractivity contribution < 1.29 is 4.42 Å². The van der Waals surface area contributed by atoms with Gasteiger partial charge in [0, 0.05) is 0 Å². The summed E-state index contributed by atoms with van der Waals surface area (Å²) in [5.74, 6) is 1.90. The standard InChI is InChI=1S/C11H17NO/c1-9-11(4-6-13-9)7-10-3-2-5-12-8-10/h4,6,10,12H,2-3,5,7-8H2,1H3. The summed E-state index contributed by atoms with van der Waals surface area (Å²) in [4.78, 5) is 0. The van der Waals surface area contributed by atoms with E-state index in [9.17, 15) is 0 Å². The Bertz CT molecular complexity index is 261. The van der Waals surface area contributed by atoms with Crippen LogP contribution in [0.5, 0.6) is 0 Å². The zero-order valence-electron chi connectivity index (χ0n) is 8.18. The van der Waals surface area contributed by atoms with Crippen molar-refractivity contribution in [3.8, 4) is 0 Å². The van der Waals surface area contributed by atoms with Gasteiger partial charge in [-0.1, -0.05) is 0 Å². The van der Waals surface area contributed by atoms with E-state index in [2.05, 4.69) is 11.4 Å². The van der Waals surface area contributed by atoms with Crippen LogP contribution in [0.4, 0.5) is 0 Å². The lowest BCUT2D eigenvalue weighted by atomic mass is 9.93. The minimum absolute atomic E-state index is 0.810. The van der Waals surface area contributed by atoms with Crippen molar-refractivity contribution in [1.82, 2.24) is 5.32 Å². The lowest BCUT2D eigenvalue weighted by Gasteiger charge is -2.22. The molecule has 1 unspecified atom stereocenters. The highest BCUT2D eigenvalue weighted by molar-refractivity contribution is 5.16. The summed E-state index contributed by atoms with van der Waals surface area (Å²) in [6.45, 7) is 4.41. The van der Waals surface area contributed by atoms with E-state index in [1.807, 2.05) is 6.92 Å². The van der Waals surface area contributed by atoms with E-state index >= 15 is 0 Å². The summed E-state index contributed by atoms with van der Waals surface area (Å²) < 4.78 is 5.29. The summed E-state index contributed by atoms with van der Waals surface area (Å²) >= 11 is 0. The average Bonchev–Trinajstić information content (AvgIpc) is 2.54. The molecule has 2 nitrogen and oxygen atoms in total. The van der Waals surface area contributed by atoms with Crippen molar-refractivity contribution in [3.63, 3.8) is 0 Å². The molecule has 1 N–H and O–H groups in total. The highest BCUT2D eigenvalue weighted by Gasteiger charge is 2.14. The summed E-state index contributed by atoms with van der Waals surface area (Å²) in [6.07, 6.45) is 5.65. The normalized spacial score (nSPS) is 23.3. The Morgan fingerprint density at radius 2 is 2.54 bits per heavy atom. The number of hydrogen-bond donors (Lipinski definition) is 1. The molecule has 0 radical (unpaired) electrons. The molecule has 0 aromatic carbocycles. The molecule has 0 bridgehead atoms. The zero-order chi connectivity index (χ0) is 9.10. The summed E-state index contributed by atoms with van der Waals surface area (Å²) in [5.41, 5.74) is 1.38. The van der Waals surface area contributed by atoms with Gasteiger partial charge in [-0.3, -0.25) is 0 Å². The Morgan fingerprint density at radius 1 is 1.62 bits per heavy atom. The third-order valence-corrected chi connectivity index (χ3v) is 2.87. The molecule has 1 fully saturated rings. The quantitative estimate of drug-likeness (QED) is 0.752. The van der Waals surface area contributed by atoms with E-state index in [-0.39, 0.29) is 0 Å². The Labute approximate surface area is 79.3 Å². The molecule has 2 rings (SSSR count). The van der Waals surface area contributed by atoms with E-state index in [0.717, 1.165) is 11.7 Å². The third-order valence-electron chi connectivity index (χ3n) is 2.87. The molecule has 0 amide bonds. The maximum Gasteiger partial charge on any atom is 0.103 e. The van der Waals surface area contributed by atoms with E-state index in [0.29, 0.717) is 0 Å². The predicted octanol–water partition coefficient (Wildman–Crippen LogP) is 2.13. The van der Waals surface area contributed by atoms with Crippen molar-refractivity contribution in [2.24, 2.45) is 5.92 Å². The van der Waals surface area contributed by atoms with Crippen LogP contribution in [-0.4, -0.2) is 13.1 Å². The fourth-order valence-corrected chi connectivity index (χ4v) is 2.03. The van der Waals surface area contributed by atoms with Gasteiger partial charge in [-0.05, 0) is 56.8 Å². The average molecular weight is 179 g/mol. The van der Waals surface area contributed by atoms with Crippen molar-refractivity contribution in [2.75, 3.05) is 13.1 Å². The topological polar surface area (TPSA) is 25.2 Å². The number of aryl methyl sites for hydroxylation is 1. The predicted molar refractivity (Wildman–Crippen MR) is 52.7 cm³/mol. The van der Waals surface area contributed by atoms with Crippen LogP contribution >= 0.6 is 0 Å². The van der Waals surface area contributed by atoms with Gasteiger partial charge in [0.2, 0.25) is 0 Å². The van der Waals surface area contributed by atoms with Gasteiger partial charge < -0.3 is 9.73 Å². The summed E-state index contributed by atoms with van der Waals surface area (Å²) in [7, 11) is 0. The van der Waals surface area contributed by atoms with Crippen molar-refractivity contribution in [1.29, 1.82) is 0 Å². The van der Waals surface area contributed by atoms with Gasteiger partial charge in [-0.25, -0.2) is 0 Å². The molecule has 1 aliphatic rings. The second-order valence-corrected chi connectivity index (χ2v) is 3.92. The summed E-state index contributed by atoms with van der Waals surface area (Å²) in [6, 6.07) is 2.10. The largest absolute Gasteiger partial charge is 0.469 e. The maximum absolute atomic E-state index is 5.29. The number of rotatable bonds is 2. The SMILES string of the molecule is Cc1occc1CC1CCCNC1. The van der Waals surface area contributed by atoms with E-state index in [1.165, 1.54) is 37.9 Å². The van der Waals surface area contributed by atoms with Crippen molar-refractivity contribution in [2.45, 2.75) is 26.2 Å². The number of furan rings is 1. The van der Waals surface area contributed by atoms with Gasteiger partial charge in [0.15, 0.2) is 0 Å². The lowest BCUT2D eigenvalue weighted by molar-refractivity contribution is 0.374. The molecule has 0 spiro atoms. The minimum Gasteiger partial charge on any atom is -0.469 e. The van der Waals surface area contributed by atoms with Gasteiger partial charge in [0.05, 0.1) is 6.26 Å². The fourth-order valence-electron chi connectivity index (χ4n) is 2.03. The summed E-state index contributed by atoms with van der Waals surface area (Å²) in [5, 5.41) is 3.44. The van der Waals surface area contributed by atoms with Crippen LogP contribution < -0.4 is 5.32 Å². The van der Waals surface area contributed by atoms with Crippen LogP contribution in [0, 0.1) is 12.8 Å². The Kier molecular flexibility index (Phi) is 2.69. The monoisotopic (exact) mass is 179 g/mol. The van der Waals surface area contributed by atoms with Crippen molar-refractivity contribution >= 4 is 0 Å². The van der Waals surface area contributed by atoms with E-state index in [1.54, 1.807) is 6.26 Å². The van der Waals surface area contributed by atoms with Gasteiger partial charge in [0.1, 0.15) is 5.76 Å². The van der Waals surface area contributed by atoms with E-state index < -0.39 is 0 Å². The van der Waals surface area contributed by atoms with Gasteiger partial charge in [0.25, 0.3) is 0 Å².